The molecule has 0 radical (unpaired) electrons. The number of rotatable bonds is 3. The van der Waals surface area contributed by atoms with Gasteiger partial charge in [0.05, 0.1) is 12.7 Å². The number of ether oxygens (including phenoxy) is 1. The summed E-state index contributed by atoms with van der Waals surface area (Å²) < 4.78 is 5.42. The van der Waals surface area contributed by atoms with Gasteiger partial charge in [-0.2, -0.15) is 0 Å². The molecule has 2 aliphatic carbocycles. The molecular weight excluding hydrogens is 224 g/mol. The quantitative estimate of drug-likeness (QED) is 0.888. The van der Waals surface area contributed by atoms with Crippen LogP contribution >= 0.6 is 0 Å². The maximum absolute atomic E-state index is 10.9. The van der Waals surface area contributed by atoms with Gasteiger partial charge in [0, 0.05) is 6.42 Å². The molecule has 2 nitrogen and oxygen atoms in total. The molecule has 2 fully saturated rings. The minimum absolute atomic E-state index is 0.482. The third kappa shape index (κ3) is 1.93. The number of hydrogen-bond acceptors (Lipinski definition) is 2. The minimum atomic E-state index is -0.482. The van der Waals surface area contributed by atoms with Crippen molar-refractivity contribution in [3.63, 3.8) is 0 Å². The lowest BCUT2D eigenvalue weighted by atomic mass is 9.79. The van der Waals surface area contributed by atoms with Crippen molar-refractivity contribution in [2.75, 3.05) is 7.11 Å². The minimum Gasteiger partial charge on any atom is -0.496 e. The average molecular weight is 246 g/mol. The third-order valence-corrected chi connectivity index (χ3v) is 4.88. The molecule has 2 saturated carbocycles. The zero-order valence-corrected chi connectivity index (χ0v) is 11.3. The molecule has 0 aliphatic heterocycles. The zero-order chi connectivity index (χ0) is 12.8. The van der Waals surface area contributed by atoms with Crippen LogP contribution in [0.3, 0.4) is 0 Å². The van der Waals surface area contributed by atoms with E-state index in [1.165, 1.54) is 24.8 Å². The number of methoxy groups -OCH3 is 1. The van der Waals surface area contributed by atoms with Crippen molar-refractivity contribution in [3.05, 3.63) is 29.3 Å². The monoisotopic (exact) mass is 246 g/mol. The van der Waals surface area contributed by atoms with Gasteiger partial charge in [0.25, 0.3) is 0 Å². The second-order valence-corrected chi connectivity index (χ2v) is 6.18. The highest BCUT2D eigenvalue weighted by Gasteiger charge is 2.49. The molecule has 18 heavy (non-hydrogen) atoms. The number of hydrogen-bond donors (Lipinski definition) is 1. The summed E-state index contributed by atoms with van der Waals surface area (Å²) in [4.78, 5) is 0. The highest BCUT2D eigenvalue weighted by molar-refractivity contribution is 5.38. The molecule has 2 aliphatic rings. The first-order valence-corrected chi connectivity index (χ1v) is 6.96. The summed E-state index contributed by atoms with van der Waals surface area (Å²) in [6.45, 7) is 2.09. The number of aryl methyl sites for hydroxylation is 1. The Bertz CT molecular complexity index is 454. The van der Waals surface area contributed by atoms with Crippen molar-refractivity contribution in [1.29, 1.82) is 0 Å². The van der Waals surface area contributed by atoms with Gasteiger partial charge in [-0.05, 0) is 56.1 Å². The van der Waals surface area contributed by atoms with E-state index in [9.17, 15) is 5.11 Å². The molecule has 0 saturated heterocycles. The fraction of sp³-hybridized carbons (Fsp3) is 0.625. The van der Waals surface area contributed by atoms with E-state index in [0.29, 0.717) is 5.92 Å². The molecule has 1 aromatic rings. The Hall–Kier alpha value is -1.02. The summed E-state index contributed by atoms with van der Waals surface area (Å²) in [5.41, 5.74) is 1.91. The van der Waals surface area contributed by atoms with Crippen molar-refractivity contribution in [2.45, 2.75) is 44.6 Å². The average Bonchev–Trinajstić information content (AvgIpc) is 2.89. The molecule has 2 bridgehead atoms. The Morgan fingerprint density at radius 3 is 2.83 bits per heavy atom. The van der Waals surface area contributed by atoms with Gasteiger partial charge in [0.15, 0.2) is 0 Å². The van der Waals surface area contributed by atoms with Crippen molar-refractivity contribution in [3.8, 4) is 5.75 Å². The lowest BCUT2D eigenvalue weighted by Crippen LogP contribution is -2.37. The van der Waals surface area contributed by atoms with Gasteiger partial charge in [-0.3, -0.25) is 0 Å². The Kier molecular flexibility index (Phi) is 2.86. The lowest BCUT2D eigenvalue weighted by molar-refractivity contribution is -0.0129. The Labute approximate surface area is 109 Å². The van der Waals surface area contributed by atoms with E-state index in [-0.39, 0.29) is 0 Å². The molecule has 1 aromatic carbocycles. The van der Waals surface area contributed by atoms with Gasteiger partial charge in [0.2, 0.25) is 0 Å². The first kappa shape index (κ1) is 12.0. The Morgan fingerprint density at radius 1 is 1.39 bits per heavy atom. The highest BCUT2D eigenvalue weighted by atomic mass is 16.5. The van der Waals surface area contributed by atoms with Crippen LogP contribution in [0.5, 0.6) is 5.75 Å². The predicted molar refractivity (Wildman–Crippen MR) is 71.8 cm³/mol. The molecule has 3 unspecified atom stereocenters. The Morgan fingerprint density at radius 2 is 2.22 bits per heavy atom. The number of benzene rings is 1. The van der Waals surface area contributed by atoms with Crippen LogP contribution in [0.1, 0.15) is 36.8 Å². The fourth-order valence-corrected chi connectivity index (χ4v) is 4.01. The predicted octanol–water partition coefficient (Wildman–Crippen LogP) is 3.10. The summed E-state index contributed by atoms with van der Waals surface area (Å²) >= 11 is 0. The smallest absolute Gasteiger partial charge is 0.122 e. The third-order valence-electron chi connectivity index (χ3n) is 4.88. The van der Waals surface area contributed by atoms with Gasteiger partial charge < -0.3 is 9.84 Å². The first-order valence-electron chi connectivity index (χ1n) is 6.96. The fourth-order valence-electron chi connectivity index (χ4n) is 4.01. The molecule has 3 atom stereocenters. The van der Waals surface area contributed by atoms with Crippen molar-refractivity contribution in [2.24, 2.45) is 11.8 Å². The van der Waals surface area contributed by atoms with E-state index in [1.54, 1.807) is 7.11 Å². The number of aliphatic hydroxyl groups is 1. The molecular formula is C16H22O2. The van der Waals surface area contributed by atoms with Gasteiger partial charge in [-0.1, -0.05) is 17.7 Å². The van der Waals surface area contributed by atoms with Crippen LogP contribution < -0.4 is 4.74 Å². The first-order chi connectivity index (χ1) is 8.60. The maximum atomic E-state index is 10.9. The summed E-state index contributed by atoms with van der Waals surface area (Å²) in [6, 6.07) is 6.23. The lowest BCUT2D eigenvalue weighted by Gasteiger charge is -2.33. The van der Waals surface area contributed by atoms with Gasteiger partial charge >= 0.3 is 0 Å². The van der Waals surface area contributed by atoms with Gasteiger partial charge in [-0.25, -0.2) is 0 Å². The van der Waals surface area contributed by atoms with Crippen LogP contribution in [0.4, 0.5) is 0 Å². The van der Waals surface area contributed by atoms with Crippen LogP contribution in [0, 0.1) is 18.8 Å². The van der Waals surface area contributed by atoms with E-state index < -0.39 is 5.60 Å². The van der Waals surface area contributed by atoms with Crippen molar-refractivity contribution in [1.82, 2.24) is 0 Å². The Balaban J connectivity index is 1.86. The maximum Gasteiger partial charge on any atom is 0.122 e. The topological polar surface area (TPSA) is 29.5 Å². The van der Waals surface area contributed by atoms with Crippen LogP contribution in [0.15, 0.2) is 18.2 Å². The largest absolute Gasteiger partial charge is 0.496 e. The summed E-state index contributed by atoms with van der Waals surface area (Å²) in [5.74, 6) is 2.18. The highest BCUT2D eigenvalue weighted by Crippen LogP contribution is 2.52. The van der Waals surface area contributed by atoms with Gasteiger partial charge in [0.1, 0.15) is 5.75 Å². The molecule has 1 N–H and O–H groups in total. The van der Waals surface area contributed by atoms with E-state index >= 15 is 0 Å². The van der Waals surface area contributed by atoms with E-state index in [1.807, 2.05) is 6.07 Å². The molecule has 0 amide bonds. The molecule has 0 aromatic heterocycles. The van der Waals surface area contributed by atoms with Crippen molar-refractivity contribution >= 4 is 0 Å². The van der Waals surface area contributed by atoms with E-state index in [2.05, 4.69) is 19.1 Å². The molecule has 0 spiro atoms. The normalized spacial score (nSPS) is 33.9. The second-order valence-electron chi connectivity index (χ2n) is 6.18. The van der Waals surface area contributed by atoms with Crippen molar-refractivity contribution < 1.29 is 9.84 Å². The summed E-state index contributed by atoms with van der Waals surface area (Å²) in [6.07, 6.45) is 5.48. The van der Waals surface area contributed by atoms with Crippen LogP contribution in [-0.2, 0) is 6.42 Å². The summed E-state index contributed by atoms with van der Waals surface area (Å²) in [5, 5.41) is 10.9. The van der Waals surface area contributed by atoms with Crippen LogP contribution in [0.2, 0.25) is 0 Å². The van der Waals surface area contributed by atoms with E-state index in [4.69, 9.17) is 4.74 Å². The molecule has 98 valence electrons. The second kappa shape index (κ2) is 4.27. The van der Waals surface area contributed by atoms with Crippen LogP contribution in [0.25, 0.3) is 0 Å². The zero-order valence-electron chi connectivity index (χ0n) is 11.3. The van der Waals surface area contributed by atoms with Crippen LogP contribution in [-0.4, -0.2) is 17.8 Å². The SMILES string of the molecule is COc1ccc(C)cc1CC1(O)CC2CCC1C2. The van der Waals surface area contributed by atoms with Gasteiger partial charge in [-0.15, -0.1) is 0 Å². The molecule has 2 heteroatoms. The standard InChI is InChI=1S/C16H22O2/c1-11-3-6-15(18-2)13(7-11)10-16(17)9-12-4-5-14(16)8-12/h3,6-7,12,14,17H,4-5,8-10H2,1-2H3. The number of fused-ring (bicyclic) bond motifs is 2. The van der Waals surface area contributed by atoms with E-state index in [0.717, 1.165) is 30.1 Å². The molecule has 3 rings (SSSR count). The summed E-state index contributed by atoms with van der Waals surface area (Å²) in [7, 11) is 1.71. The molecule has 0 heterocycles.